The number of morpholine rings is 1. The molecular formula is C17H25N3O3. The second kappa shape index (κ2) is 9.27. The van der Waals surface area contributed by atoms with Gasteiger partial charge < -0.3 is 15.0 Å². The van der Waals surface area contributed by atoms with Crippen LogP contribution in [-0.4, -0.2) is 68.1 Å². The SMILES string of the molecule is CN(Cc1ccccc1)C(=O)CC(=O)NCCN1CCOCC1. The highest BCUT2D eigenvalue weighted by molar-refractivity contribution is 5.96. The number of ether oxygens (including phenoxy) is 1. The Morgan fingerprint density at radius 2 is 1.91 bits per heavy atom. The second-order valence-corrected chi connectivity index (χ2v) is 5.72. The van der Waals surface area contributed by atoms with Crippen molar-refractivity contribution >= 4 is 11.8 Å². The molecule has 0 atom stereocenters. The van der Waals surface area contributed by atoms with Crippen LogP contribution in [-0.2, 0) is 20.9 Å². The largest absolute Gasteiger partial charge is 0.379 e. The van der Waals surface area contributed by atoms with Crippen LogP contribution in [0, 0.1) is 0 Å². The van der Waals surface area contributed by atoms with Crippen molar-refractivity contribution in [3.05, 3.63) is 35.9 Å². The fourth-order valence-corrected chi connectivity index (χ4v) is 2.46. The molecule has 1 aromatic rings. The molecule has 0 unspecified atom stereocenters. The Hall–Kier alpha value is -1.92. The van der Waals surface area contributed by atoms with Crippen molar-refractivity contribution in [3.63, 3.8) is 0 Å². The van der Waals surface area contributed by atoms with Gasteiger partial charge in [0.25, 0.3) is 0 Å². The van der Waals surface area contributed by atoms with Crippen LogP contribution < -0.4 is 5.32 Å². The van der Waals surface area contributed by atoms with E-state index in [9.17, 15) is 9.59 Å². The molecule has 23 heavy (non-hydrogen) atoms. The standard InChI is InChI=1S/C17H25N3O3/c1-19(14-15-5-3-2-4-6-15)17(22)13-16(21)18-7-8-20-9-11-23-12-10-20/h2-6H,7-14H2,1H3,(H,18,21). The first kappa shape index (κ1) is 17.4. The van der Waals surface area contributed by atoms with Gasteiger partial charge in [-0.1, -0.05) is 30.3 Å². The van der Waals surface area contributed by atoms with Gasteiger partial charge >= 0.3 is 0 Å². The first-order chi connectivity index (χ1) is 11.1. The van der Waals surface area contributed by atoms with Gasteiger partial charge in [-0.15, -0.1) is 0 Å². The molecule has 0 spiro atoms. The number of hydrogen-bond acceptors (Lipinski definition) is 4. The molecule has 1 aliphatic heterocycles. The van der Waals surface area contributed by atoms with Crippen molar-refractivity contribution in [1.29, 1.82) is 0 Å². The van der Waals surface area contributed by atoms with Gasteiger partial charge in [0.2, 0.25) is 11.8 Å². The van der Waals surface area contributed by atoms with E-state index in [0.717, 1.165) is 38.4 Å². The summed E-state index contributed by atoms with van der Waals surface area (Å²) in [4.78, 5) is 27.7. The Bertz CT molecular complexity index is 501. The third-order valence-corrected chi connectivity index (χ3v) is 3.85. The van der Waals surface area contributed by atoms with Crippen LogP contribution in [0.15, 0.2) is 30.3 Å². The molecule has 0 aliphatic carbocycles. The van der Waals surface area contributed by atoms with Crippen molar-refractivity contribution in [3.8, 4) is 0 Å². The van der Waals surface area contributed by atoms with E-state index in [2.05, 4.69) is 10.2 Å². The summed E-state index contributed by atoms with van der Waals surface area (Å²) in [6, 6.07) is 9.74. The van der Waals surface area contributed by atoms with Gasteiger partial charge in [0.1, 0.15) is 6.42 Å². The van der Waals surface area contributed by atoms with Crippen molar-refractivity contribution < 1.29 is 14.3 Å². The summed E-state index contributed by atoms with van der Waals surface area (Å²) >= 11 is 0. The molecule has 0 radical (unpaired) electrons. The van der Waals surface area contributed by atoms with Crippen molar-refractivity contribution in [2.75, 3.05) is 46.4 Å². The molecule has 6 nitrogen and oxygen atoms in total. The Labute approximate surface area is 137 Å². The maximum atomic E-state index is 12.1. The number of amides is 2. The Morgan fingerprint density at radius 1 is 1.22 bits per heavy atom. The molecule has 2 rings (SSSR count). The lowest BCUT2D eigenvalue weighted by atomic mass is 10.2. The smallest absolute Gasteiger partial charge is 0.232 e. The molecule has 126 valence electrons. The van der Waals surface area contributed by atoms with Gasteiger partial charge in [-0.25, -0.2) is 0 Å². The molecule has 1 fully saturated rings. The van der Waals surface area contributed by atoms with E-state index in [-0.39, 0.29) is 18.2 Å². The number of nitrogens with zero attached hydrogens (tertiary/aromatic N) is 2. The lowest BCUT2D eigenvalue weighted by molar-refractivity contribution is -0.135. The maximum Gasteiger partial charge on any atom is 0.232 e. The summed E-state index contributed by atoms with van der Waals surface area (Å²) in [6.07, 6.45) is -0.105. The number of hydrogen-bond donors (Lipinski definition) is 1. The highest BCUT2D eigenvalue weighted by atomic mass is 16.5. The van der Waals surface area contributed by atoms with Crippen molar-refractivity contribution in [2.45, 2.75) is 13.0 Å². The van der Waals surface area contributed by atoms with E-state index in [4.69, 9.17) is 4.74 Å². The van der Waals surface area contributed by atoms with Crippen LogP contribution in [0.1, 0.15) is 12.0 Å². The molecule has 1 aromatic carbocycles. The van der Waals surface area contributed by atoms with E-state index in [1.807, 2.05) is 30.3 Å². The summed E-state index contributed by atoms with van der Waals surface area (Å²) in [6.45, 7) is 5.16. The molecule has 1 aliphatic rings. The lowest BCUT2D eigenvalue weighted by Gasteiger charge is -2.26. The van der Waals surface area contributed by atoms with E-state index in [0.29, 0.717) is 13.1 Å². The van der Waals surface area contributed by atoms with Gasteiger partial charge in [0.15, 0.2) is 0 Å². The number of nitrogens with one attached hydrogen (secondary N) is 1. The Morgan fingerprint density at radius 3 is 2.61 bits per heavy atom. The number of benzene rings is 1. The topological polar surface area (TPSA) is 61.9 Å². The summed E-state index contributed by atoms with van der Waals surface area (Å²) in [5, 5.41) is 2.81. The first-order valence-electron chi connectivity index (χ1n) is 8.00. The van der Waals surface area contributed by atoms with Gasteiger partial charge in [-0.2, -0.15) is 0 Å². The third kappa shape index (κ3) is 6.38. The first-order valence-corrected chi connectivity index (χ1v) is 8.00. The minimum atomic E-state index is -0.219. The normalized spacial score (nSPS) is 15.2. The molecule has 1 N–H and O–H groups in total. The zero-order valence-electron chi connectivity index (χ0n) is 13.7. The van der Waals surface area contributed by atoms with Crippen LogP contribution in [0.5, 0.6) is 0 Å². The average molecular weight is 319 g/mol. The van der Waals surface area contributed by atoms with Crippen molar-refractivity contribution in [1.82, 2.24) is 15.1 Å². The fraction of sp³-hybridized carbons (Fsp3) is 0.529. The minimum Gasteiger partial charge on any atom is -0.379 e. The summed E-state index contributed by atoms with van der Waals surface area (Å²) in [7, 11) is 1.72. The predicted molar refractivity (Wildman–Crippen MR) is 87.8 cm³/mol. The van der Waals surface area contributed by atoms with Gasteiger partial charge in [-0.05, 0) is 5.56 Å². The average Bonchev–Trinajstić information content (AvgIpc) is 2.56. The molecule has 6 heteroatoms. The van der Waals surface area contributed by atoms with E-state index in [1.54, 1.807) is 11.9 Å². The zero-order chi connectivity index (χ0) is 16.5. The highest BCUT2D eigenvalue weighted by Crippen LogP contribution is 2.04. The second-order valence-electron chi connectivity index (χ2n) is 5.72. The van der Waals surface area contributed by atoms with E-state index < -0.39 is 0 Å². The van der Waals surface area contributed by atoms with Crippen molar-refractivity contribution in [2.24, 2.45) is 0 Å². The van der Waals surface area contributed by atoms with Crippen LogP contribution in [0.25, 0.3) is 0 Å². The third-order valence-electron chi connectivity index (χ3n) is 3.85. The fourth-order valence-electron chi connectivity index (χ4n) is 2.46. The molecule has 1 heterocycles. The molecule has 2 amide bonds. The van der Waals surface area contributed by atoms with Gasteiger partial charge in [-0.3, -0.25) is 14.5 Å². The van der Waals surface area contributed by atoms with Crippen LogP contribution >= 0.6 is 0 Å². The molecule has 0 bridgehead atoms. The van der Waals surface area contributed by atoms with Crippen LogP contribution in [0.4, 0.5) is 0 Å². The molecular weight excluding hydrogens is 294 g/mol. The molecule has 0 aromatic heterocycles. The zero-order valence-corrected chi connectivity index (χ0v) is 13.7. The summed E-state index contributed by atoms with van der Waals surface area (Å²) in [5.41, 5.74) is 1.05. The van der Waals surface area contributed by atoms with E-state index >= 15 is 0 Å². The Kier molecular flexibility index (Phi) is 7.03. The maximum absolute atomic E-state index is 12.1. The summed E-state index contributed by atoms with van der Waals surface area (Å²) < 4.78 is 5.28. The monoisotopic (exact) mass is 319 g/mol. The quantitative estimate of drug-likeness (QED) is 0.743. The minimum absolute atomic E-state index is 0.105. The van der Waals surface area contributed by atoms with Gasteiger partial charge in [0, 0.05) is 39.8 Å². The van der Waals surface area contributed by atoms with Crippen LogP contribution in [0.2, 0.25) is 0 Å². The highest BCUT2D eigenvalue weighted by Gasteiger charge is 2.15. The van der Waals surface area contributed by atoms with E-state index in [1.165, 1.54) is 0 Å². The predicted octanol–water partition coefficient (Wildman–Crippen LogP) is 0.484. The van der Waals surface area contributed by atoms with Crippen LogP contribution in [0.3, 0.4) is 0 Å². The van der Waals surface area contributed by atoms with Gasteiger partial charge in [0.05, 0.1) is 13.2 Å². The number of carbonyl (C=O) groups excluding carboxylic acids is 2. The number of carbonyl (C=O) groups is 2. The molecule has 1 saturated heterocycles. The number of rotatable bonds is 7. The Balaban J connectivity index is 1.64. The summed E-state index contributed by atoms with van der Waals surface area (Å²) in [5.74, 6) is -0.388. The lowest BCUT2D eigenvalue weighted by Crippen LogP contribution is -2.42. The molecule has 0 saturated carbocycles.